The van der Waals surface area contributed by atoms with Crippen molar-refractivity contribution < 1.29 is 14.0 Å². The number of hydrazone groups is 1. The third-order valence-corrected chi connectivity index (χ3v) is 3.61. The van der Waals surface area contributed by atoms with Crippen LogP contribution in [0.15, 0.2) is 52.2 Å². The topological polar surface area (TPSA) is 83.7 Å². The van der Waals surface area contributed by atoms with Crippen LogP contribution in [0.4, 0.5) is 5.69 Å². The van der Waals surface area contributed by atoms with Gasteiger partial charge in [-0.3, -0.25) is 9.59 Å². The lowest BCUT2D eigenvalue weighted by Gasteiger charge is -2.05. The fourth-order valence-electron chi connectivity index (χ4n) is 2.05. The summed E-state index contributed by atoms with van der Waals surface area (Å²) in [5.41, 5.74) is 3.85. The van der Waals surface area contributed by atoms with Crippen molar-refractivity contribution in [3.05, 3.63) is 53.4 Å². The van der Waals surface area contributed by atoms with Crippen LogP contribution < -0.4 is 10.7 Å². The fourth-order valence-corrected chi connectivity index (χ4v) is 2.24. The number of benzene rings is 1. The number of nitrogens with one attached hydrogen (secondary N) is 2. The molecule has 0 radical (unpaired) electrons. The van der Waals surface area contributed by atoms with Gasteiger partial charge in [0.25, 0.3) is 0 Å². The van der Waals surface area contributed by atoms with Gasteiger partial charge in [0, 0.05) is 35.7 Å². The summed E-state index contributed by atoms with van der Waals surface area (Å²) in [7, 11) is 0. The van der Waals surface area contributed by atoms with E-state index in [9.17, 15) is 9.59 Å². The van der Waals surface area contributed by atoms with Gasteiger partial charge in [-0.15, -0.1) is 0 Å². The summed E-state index contributed by atoms with van der Waals surface area (Å²) in [4.78, 5) is 23.6. The van der Waals surface area contributed by atoms with Crippen LogP contribution in [-0.4, -0.2) is 17.5 Å². The number of carbonyl (C=O) groups excluding carboxylic acids is 2. The smallest absolute Gasteiger partial charge is 0.240 e. The van der Waals surface area contributed by atoms with Crippen LogP contribution in [0.1, 0.15) is 31.9 Å². The van der Waals surface area contributed by atoms with E-state index in [1.54, 1.807) is 30.5 Å². The number of amides is 2. The lowest BCUT2D eigenvalue weighted by molar-refractivity contribution is -0.124. The van der Waals surface area contributed by atoms with Crippen LogP contribution in [-0.2, 0) is 16.0 Å². The summed E-state index contributed by atoms with van der Waals surface area (Å²) >= 11 is 5.85. The lowest BCUT2D eigenvalue weighted by atomic mass is 10.2. The number of furan rings is 1. The van der Waals surface area contributed by atoms with E-state index in [1.807, 2.05) is 19.1 Å². The Balaban J connectivity index is 1.67. The van der Waals surface area contributed by atoms with Crippen molar-refractivity contribution in [1.29, 1.82) is 0 Å². The Labute approximate surface area is 151 Å². The molecule has 7 heteroatoms. The molecule has 1 heterocycles. The van der Waals surface area contributed by atoms with Gasteiger partial charge in [-0.25, -0.2) is 5.43 Å². The van der Waals surface area contributed by atoms with Gasteiger partial charge < -0.3 is 9.73 Å². The first-order chi connectivity index (χ1) is 12.0. The van der Waals surface area contributed by atoms with Crippen molar-refractivity contribution in [3.63, 3.8) is 0 Å². The minimum atomic E-state index is -0.307. The van der Waals surface area contributed by atoms with Crippen LogP contribution in [0, 0.1) is 0 Å². The summed E-state index contributed by atoms with van der Waals surface area (Å²) < 4.78 is 5.24. The van der Waals surface area contributed by atoms with E-state index >= 15 is 0 Å². The second-order valence-electron chi connectivity index (χ2n) is 5.52. The maximum atomic E-state index is 11.8. The molecular weight excluding hydrogens is 342 g/mol. The normalized spacial score (nSPS) is 11.2. The van der Waals surface area contributed by atoms with Crippen LogP contribution in [0.5, 0.6) is 0 Å². The summed E-state index contributed by atoms with van der Waals surface area (Å²) in [6, 6.07) is 10.6. The molecule has 0 aliphatic carbocycles. The van der Waals surface area contributed by atoms with E-state index in [4.69, 9.17) is 16.0 Å². The molecule has 0 saturated carbocycles. The molecule has 132 valence electrons. The Bertz CT molecular complexity index is 742. The van der Waals surface area contributed by atoms with Crippen molar-refractivity contribution >= 4 is 34.8 Å². The largest absolute Gasteiger partial charge is 0.469 e. The van der Waals surface area contributed by atoms with Gasteiger partial charge in [0.2, 0.25) is 11.8 Å². The molecule has 25 heavy (non-hydrogen) atoms. The van der Waals surface area contributed by atoms with E-state index in [0.29, 0.717) is 17.1 Å². The minimum Gasteiger partial charge on any atom is -0.469 e. The summed E-state index contributed by atoms with van der Waals surface area (Å²) in [5, 5.41) is 7.25. The average Bonchev–Trinajstić information content (AvgIpc) is 3.10. The zero-order valence-electron chi connectivity index (χ0n) is 13.9. The maximum absolute atomic E-state index is 11.8. The molecule has 0 saturated heterocycles. The van der Waals surface area contributed by atoms with E-state index in [-0.39, 0.29) is 24.7 Å². The van der Waals surface area contributed by atoms with E-state index < -0.39 is 0 Å². The molecule has 0 bridgehead atoms. The molecule has 1 aromatic carbocycles. The molecule has 0 unspecified atom stereocenters. The lowest BCUT2D eigenvalue weighted by Crippen LogP contribution is -2.21. The zero-order chi connectivity index (χ0) is 18.1. The van der Waals surface area contributed by atoms with Crippen LogP contribution in [0.2, 0.25) is 5.02 Å². The van der Waals surface area contributed by atoms with Crippen LogP contribution >= 0.6 is 11.6 Å². The van der Waals surface area contributed by atoms with Gasteiger partial charge in [-0.1, -0.05) is 17.7 Å². The highest BCUT2D eigenvalue weighted by Crippen LogP contribution is 2.15. The molecule has 0 atom stereocenters. The Morgan fingerprint density at radius 3 is 2.64 bits per heavy atom. The highest BCUT2D eigenvalue weighted by molar-refractivity contribution is 6.30. The van der Waals surface area contributed by atoms with Gasteiger partial charge in [0.15, 0.2) is 0 Å². The minimum absolute atomic E-state index is 0.0569. The number of rotatable bonds is 8. The van der Waals surface area contributed by atoms with Crippen molar-refractivity contribution in [3.8, 4) is 0 Å². The van der Waals surface area contributed by atoms with E-state index in [0.717, 1.165) is 17.9 Å². The predicted molar refractivity (Wildman–Crippen MR) is 97.6 cm³/mol. The van der Waals surface area contributed by atoms with Crippen LogP contribution in [0.25, 0.3) is 0 Å². The van der Waals surface area contributed by atoms with Gasteiger partial charge in [-0.05, 0) is 43.7 Å². The standard InChI is InChI=1S/C18H20ClN3O3/c1-13(7-8-16-6-3-11-25-16)21-22-18(24)10-9-17(23)20-15-5-2-4-14(19)12-15/h2-6,11-12H,7-10H2,1H3,(H,20,23)(H,22,24)/b21-13+. The number of carbonyl (C=O) groups is 2. The van der Waals surface area contributed by atoms with Crippen LogP contribution in [0.3, 0.4) is 0 Å². The second-order valence-corrected chi connectivity index (χ2v) is 5.96. The Morgan fingerprint density at radius 1 is 1.12 bits per heavy atom. The molecule has 0 spiro atoms. The van der Waals surface area contributed by atoms with Crippen molar-refractivity contribution in [2.75, 3.05) is 5.32 Å². The molecule has 0 aliphatic heterocycles. The van der Waals surface area contributed by atoms with Gasteiger partial charge in [0.05, 0.1) is 6.26 Å². The predicted octanol–water partition coefficient (Wildman–Crippen LogP) is 3.78. The number of nitrogens with zero attached hydrogens (tertiary/aromatic N) is 1. The first-order valence-electron chi connectivity index (χ1n) is 7.93. The number of aryl methyl sites for hydroxylation is 1. The molecular formula is C18H20ClN3O3. The van der Waals surface area contributed by atoms with E-state index in [2.05, 4.69) is 15.8 Å². The summed E-state index contributed by atoms with van der Waals surface area (Å²) in [5.74, 6) is 0.313. The quantitative estimate of drug-likeness (QED) is 0.554. The zero-order valence-corrected chi connectivity index (χ0v) is 14.7. The first-order valence-corrected chi connectivity index (χ1v) is 8.30. The average molecular weight is 362 g/mol. The van der Waals surface area contributed by atoms with Crippen molar-refractivity contribution in [2.24, 2.45) is 5.10 Å². The fraction of sp³-hybridized carbons (Fsp3) is 0.278. The third kappa shape index (κ3) is 7.22. The van der Waals surface area contributed by atoms with Gasteiger partial charge >= 0.3 is 0 Å². The molecule has 2 aromatic rings. The van der Waals surface area contributed by atoms with Crippen molar-refractivity contribution in [2.45, 2.75) is 32.6 Å². The first kappa shape index (κ1) is 18.7. The number of hydrogen-bond donors (Lipinski definition) is 2. The number of hydrogen-bond acceptors (Lipinski definition) is 4. The Kier molecular flexibility index (Phi) is 7.22. The number of anilines is 1. The molecule has 2 rings (SSSR count). The molecule has 6 nitrogen and oxygen atoms in total. The Hall–Kier alpha value is -2.60. The summed E-state index contributed by atoms with van der Waals surface area (Å²) in [6.45, 7) is 1.83. The highest BCUT2D eigenvalue weighted by Gasteiger charge is 2.07. The van der Waals surface area contributed by atoms with Gasteiger partial charge in [-0.2, -0.15) is 5.10 Å². The van der Waals surface area contributed by atoms with Crippen molar-refractivity contribution in [1.82, 2.24) is 5.43 Å². The molecule has 0 aliphatic rings. The molecule has 0 fully saturated rings. The monoisotopic (exact) mass is 361 g/mol. The SMILES string of the molecule is C/C(CCc1ccco1)=N\NC(=O)CCC(=O)Nc1cccc(Cl)c1. The molecule has 1 aromatic heterocycles. The summed E-state index contributed by atoms with van der Waals surface area (Å²) in [6.07, 6.45) is 3.15. The third-order valence-electron chi connectivity index (χ3n) is 3.37. The molecule has 2 amide bonds. The maximum Gasteiger partial charge on any atom is 0.240 e. The van der Waals surface area contributed by atoms with Gasteiger partial charge in [0.1, 0.15) is 5.76 Å². The highest BCUT2D eigenvalue weighted by atomic mass is 35.5. The Morgan fingerprint density at radius 2 is 1.92 bits per heavy atom. The number of halogens is 1. The second kappa shape index (κ2) is 9.64. The molecule has 2 N–H and O–H groups in total. The van der Waals surface area contributed by atoms with E-state index in [1.165, 1.54) is 0 Å².